The topological polar surface area (TPSA) is 100 Å². The van der Waals surface area contributed by atoms with E-state index in [-0.39, 0.29) is 29.3 Å². The van der Waals surface area contributed by atoms with Gasteiger partial charge in [0.25, 0.3) is 5.91 Å². The molecule has 7 heteroatoms. The molecule has 1 aliphatic heterocycles. The van der Waals surface area contributed by atoms with Crippen LogP contribution in [0.5, 0.6) is 0 Å². The number of para-hydroxylation sites is 1. The van der Waals surface area contributed by atoms with E-state index in [9.17, 15) is 14.4 Å². The molecule has 0 radical (unpaired) electrons. The van der Waals surface area contributed by atoms with Crippen molar-refractivity contribution in [2.24, 2.45) is 5.92 Å². The Bertz CT molecular complexity index is 1200. The van der Waals surface area contributed by atoms with Crippen LogP contribution >= 0.6 is 0 Å². The van der Waals surface area contributed by atoms with Crippen molar-refractivity contribution in [3.8, 4) is 0 Å². The largest absolute Gasteiger partial charge is 0.343 e. The van der Waals surface area contributed by atoms with Crippen molar-refractivity contribution in [1.82, 2.24) is 20.9 Å². The number of hydrogen-bond donors (Lipinski definition) is 3. The number of benzene rings is 2. The van der Waals surface area contributed by atoms with Gasteiger partial charge in [-0.3, -0.25) is 14.4 Å². The SMILES string of the molecule is CC(C)C[C@H](NC(=O)c1ccc2ccccc2n1)C(=O)NC1CNC(CCc2ccccc2)C1=O. The summed E-state index contributed by atoms with van der Waals surface area (Å²) in [6, 6.07) is 19.4. The first-order chi connectivity index (χ1) is 16.9. The molecular formula is C28H32N4O3. The fourth-order valence-corrected chi connectivity index (χ4v) is 4.43. The second kappa shape index (κ2) is 11.2. The van der Waals surface area contributed by atoms with Gasteiger partial charge < -0.3 is 16.0 Å². The lowest BCUT2D eigenvalue weighted by molar-refractivity contribution is -0.128. The van der Waals surface area contributed by atoms with Crippen molar-refractivity contribution in [2.45, 2.75) is 51.2 Å². The number of nitrogens with zero attached hydrogens (tertiary/aromatic N) is 1. The summed E-state index contributed by atoms with van der Waals surface area (Å²) in [5.74, 6) is -0.600. The smallest absolute Gasteiger partial charge is 0.270 e. The van der Waals surface area contributed by atoms with Gasteiger partial charge >= 0.3 is 0 Å². The van der Waals surface area contributed by atoms with Crippen molar-refractivity contribution in [3.63, 3.8) is 0 Å². The van der Waals surface area contributed by atoms with E-state index in [4.69, 9.17) is 0 Å². The van der Waals surface area contributed by atoms with Gasteiger partial charge in [0.15, 0.2) is 5.78 Å². The minimum absolute atomic E-state index is 0.0138. The van der Waals surface area contributed by atoms with Gasteiger partial charge in [-0.25, -0.2) is 4.98 Å². The zero-order valence-electron chi connectivity index (χ0n) is 20.2. The highest BCUT2D eigenvalue weighted by molar-refractivity contribution is 5.99. The van der Waals surface area contributed by atoms with Crippen LogP contribution in [-0.2, 0) is 16.0 Å². The van der Waals surface area contributed by atoms with Gasteiger partial charge in [0, 0.05) is 11.9 Å². The lowest BCUT2D eigenvalue weighted by atomic mass is 10.0. The van der Waals surface area contributed by atoms with E-state index in [1.165, 1.54) is 5.56 Å². The first-order valence-electron chi connectivity index (χ1n) is 12.2. The number of amides is 2. The van der Waals surface area contributed by atoms with Gasteiger partial charge in [0.2, 0.25) is 5.91 Å². The number of pyridine rings is 1. The minimum Gasteiger partial charge on any atom is -0.343 e. The third-order valence-electron chi connectivity index (χ3n) is 6.30. The maximum absolute atomic E-state index is 13.1. The Morgan fingerprint density at radius 3 is 2.54 bits per heavy atom. The second-order valence-electron chi connectivity index (χ2n) is 9.49. The van der Waals surface area contributed by atoms with E-state index < -0.39 is 18.0 Å². The molecule has 0 spiro atoms. The average molecular weight is 473 g/mol. The van der Waals surface area contributed by atoms with Crippen molar-refractivity contribution < 1.29 is 14.4 Å². The van der Waals surface area contributed by atoms with Crippen molar-refractivity contribution in [1.29, 1.82) is 0 Å². The van der Waals surface area contributed by atoms with Crippen molar-refractivity contribution in [3.05, 3.63) is 78.0 Å². The van der Waals surface area contributed by atoms with Gasteiger partial charge in [0.1, 0.15) is 17.8 Å². The summed E-state index contributed by atoms with van der Waals surface area (Å²) in [6.07, 6.45) is 1.92. The van der Waals surface area contributed by atoms with E-state index in [1.807, 2.05) is 74.5 Å². The van der Waals surface area contributed by atoms with Crippen LogP contribution in [0.1, 0.15) is 42.7 Å². The molecule has 3 aromatic rings. The Morgan fingerprint density at radius 1 is 1.03 bits per heavy atom. The summed E-state index contributed by atoms with van der Waals surface area (Å²) in [5.41, 5.74) is 2.15. The molecule has 4 rings (SSSR count). The summed E-state index contributed by atoms with van der Waals surface area (Å²) in [5, 5.41) is 9.87. The average Bonchev–Trinajstić information content (AvgIpc) is 3.21. The Balaban J connectivity index is 1.37. The minimum atomic E-state index is -0.757. The van der Waals surface area contributed by atoms with Crippen LogP contribution in [0.2, 0.25) is 0 Å². The number of fused-ring (bicyclic) bond motifs is 1. The van der Waals surface area contributed by atoms with Gasteiger partial charge in [-0.15, -0.1) is 0 Å². The van der Waals surface area contributed by atoms with Crippen LogP contribution in [0, 0.1) is 5.92 Å². The zero-order chi connectivity index (χ0) is 24.8. The molecule has 1 aliphatic rings. The monoisotopic (exact) mass is 472 g/mol. The standard InChI is InChI=1S/C28H32N4O3/c1-18(2)16-24(31-27(34)23-15-13-20-10-6-7-11-21(20)30-23)28(35)32-25-17-29-22(26(25)33)14-12-19-8-4-3-5-9-19/h3-11,13,15,18,22,24-25,29H,12,14,16-17H2,1-2H3,(H,31,34)(H,32,35)/t22?,24-,25?/m0/s1. The Hall–Kier alpha value is -3.58. The molecule has 0 bridgehead atoms. The van der Waals surface area contributed by atoms with E-state index in [2.05, 4.69) is 20.9 Å². The number of aromatic nitrogens is 1. The molecule has 2 aromatic carbocycles. The molecule has 2 unspecified atom stereocenters. The van der Waals surface area contributed by atoms with Crippen LogP contribution in [-0.4, -0.2) is 47.3 Å². The highest BCUT2D eigenvalue weighted by Gasteiger charge is 2.36. The van der Waals surface area contributed by atoms with Crippen LogP contribution in [0.15, 0.2) is 66.7 Å². The molecule has 3 N–H and O–H groups in total. The maximum Gasteiger partial charge on any atom is 0.270 e. The van der Waals surface area contributed by atoms with E-state index >= 15 is 0 Å². The molecule has 2 amide bonds. The summed E-state index contributed by atoms with van der Waals surface area (Å²) in [7, 11) is 0. The van der Waals surface area contributed by atoms with Crippen LogP contribution < -0.4 is 16.0 Å². The number of Topliss-reactive ketones (excluding diaryl/α,β-unsaturated/α-hetero) is 1. The van der Waals surface area contributed by atoms with Crippen LogP contribution in [0.25, 0.3) is 10.9 Å². The molecule has 0 aliphatic carbocycles. The number of rotatable bonds is 9. The van der Waals surface area contributed by atoms with Crippen LogP contribution in [0.3, 0.4) is 0 Å². The maximum atomic E-state index is 13.1. The van der Waals surface area contributed by atoms with Crippen molar-refractivity contribution in [2.75, 3.05) is 6.54 Å². The normalized spacial score (nSPS) is 18.5. The predicted octanol–water partition coefficient (Wildman–Crippen LogP) is 3.04. The molecule has 0 saturated carbocycles. The summed E-state index contributed by atoms with van der Waals surface area (Å²) in [4.78, 5) is 43.4. The van der Waals surface area contributed by atoms with Crippen molar-refractivity contribution >= 4 is 28.5 Å². The van der Waals surface area contributed by atoms with E-state index in [0.29, 0.717) is 24.9 Å². The van der Waals surface area contributed by atoms with E-state index in [0.717, 1.165) is 11.8 Å². The third kappa shape index (κ3) is 6.31. The number of hydrogen-bond acceptors (Lipinski definition) is 5. The quantitative estimate of drug-likeness (QED) is 0.445. The molecule has 1 aromatic heterocycles. The summed E-state index contributed by atoms with van der Waals surface area (Å²) >= 11 is 0. The molecule has 35 heavy (non-hydrogen) atoms. The Morgan fingerprint density at radius 2 is 1.77 bits per heavy atom. The summed E-state index contributed by atoms with van der Waals surface area (Å²) in [6.45, 7) is 4.36. The lowest BCUT2D eigenvalue weighted by Gasteiger charge is -2.22. The van der Waals surface area contributed by atoms with Gasteiger partial charge in [-0.1, -0.05) is 68.4 Å². The van der Waals surface area contributed by atoms with E-state index in [1.54, 1.807) is 6.07 Å². The molecular weight excluding hydrogens is 440 g/mol. The molecule has 1 saturated heterocycles. The molecule has 7 nitrogen and oxygen atoms in total. The highest BCUT2D eigenvalue weighted by atomic mass is 16.2. The fraction of sp³-hybridized carbons (Fsp3) is 0.357. The molecule has 1 fully saturated rings. The number of aryl methyl sites for hydroxylation is 1. The lowest BCUT2D eigenvalue weighted by Crippen LogP contribution is -2.52. The number of carbonyl (C=O) groups is 3. The highest BCUT2D eigenvalue weighted by Crippen LogP contribution is 2.14. The third-order valence-corrected chi connectivity index (χ3v) is 6.30. The van der Waals surface area contributed by atoms with Gasteiger partial charge in [-0.05, 0) is 42.9 Å². The molecule has 2 heterocycles. The van der Waals surface area contributed by atoms with Gasteiger partial charge in [-0.2, -0.15) is 0 Å². The fourth-order valence-electron chi connectivity index (χ4n) is 4.43. The second-order valence-corrected chi connectivity index (χ2v) is 9.49. The number of nitrogens with one attached hydrogen (secondary N) is 3. The number of carbonyl (C=O) groups excluding carboxylic acids is 3. The van der Waals surface area contributed by atoms with Crippen LogP contribution in [0.4, 0.5) is 0 Å². The zero-order valence-corrected chi connectivity index (χ0v) is 20.2. The van der Waals surface area contributed by atoms with Gasteiger partial charge in [0.05, 0.1) is 11.6 Å². The predicted molar refractivity (Wildman–Crippen MR) is 136 cm³/mol. The Labute approximate surface area is 205 Å². The summed E-state index contributed by atoms with van der Waals surface area (Å²) < 4.78 is 0. The first-order valence-corrected chi connectivity index (χ1v) is 12.2. The first kappa shape index (κ1) is 24.5. The number of ketones is 1. The molecule has 3 atom stereocenters. The molecule has 182 valence electrons. The Kier molecular flexibility index (Phi) is 7.87.